The zero-order valence-corrected chi connectivity index (χ0v) is 19.3. The van der Waals surface area contributed by atoms with Crippen molar-refractivity contribution in [1.82, 2.24) is 9.62 Å². The van der Waals surface area contributed by atoms with E-state index in [1.807, 2.05) is 24.3 Å². The Balaban J connectivity index is 1.60. The van der Waals surface area contributed by atoms with Crippen molar-refractivity contribution in [3.05, 3.63) is 82.7 Å². The molecule has 174 valence electrons. The second-order valence-corrected chi connectivity index (χ2v) is 10.7. The maximum absolute atomic E-state index is 13.3. The fraction of sp³-hybridized carbons (Fsp3) is 0.261. The lowest BCUT2D eigenvalue weighted by Crippen LogP contribution is -2.52. The fourth-order valence-electron chi connectivity index (χ4n) is 3.85. The lowest BCUT2D eigenvalue weighted by Gasteiger charge is -2.35. The van der Waals surface area contributed by atoms with Gasteiger partial charge in [-0.15, -0.1) is 11.3 Å². The quantitative estimate of drug-likeness (QED) is 0.532. The van der Waals surface area contributed by atoms with Gasteiger partial charge in [-0.05, 0) is 53.6 Å². The predicted molar refractivity (Wildman–Crippen MR) is 121 cm³/mol. The van der Waals surface area contributed by atoms with E-state index in [1.54, 1.807) is 30.5 Å². The Labute approximate surface area is 194 Å². The third-order valence-electron chi connectivity index (χ3n) is 5.51. The summed E-state index contributed by atoms with van der Waals surface area (Å²) in [6.45, 7) is -1.17. The van der Waals surface area contributed by atoms with E-state index in [0.29, 0.717) is 5.56 Å². The van der Waals surface area contributed by atoms with Gasteiger partial charge in [0.2, 0.25) is 5.91 Å². The number of benzene rings is 2. The monoisotopic (exact) mass is 492 g/mol. The van der Waals surface area contributed by atoms with Gasteiger partial charge in [-0.3, -0.25) is 4.79 Å². The van der Waals surface area contributed by atoms with Crippen LogP contribution in [-0.4, -0.2) is 31.3 Å². The van der Waals surface area contributed by atoms with Crippen LogP contribution in [0.3, 0.4) is 0 Å². The standard InChI is InChI=1S/C23H22F2N2O4S2/c1-15(16-8-4-9-19(12-16)31-23(24)25)26-22(28)20-13-17-6-2-3-7-18(17)14-27(20)33(29,30)21-10-5-11-32-21/h2-12,15,20,23H,13-14H2,1H3,(H,26,28)/t15?,20-/m0/s1. The number of carbonyl (C=O) groups is 1. The predicted octanol–water partition coefficient (Wildman–Crippen LogP) is 4.34. The van der Waals surface area contributed by atoms with Crippen LogP contribution in [0.25, 0.3) is 0 Å². The first-order chi connectivity index (χ1) is 15.8. The maximum Gasteiger partial charge on any atom is 0.387 e. The molecule has 1 aliphatic rings. The molecule has 2 heterocycles. The molecule has 0 saturated heterocycles. The van der Waals surface area contributed by atoms with Crippen molar-refractivity contribution in [2.24, 2.45) is 0 Å². The summed E-state index contributed by atoms with van der Waals surface area (Å²) in [6, 6.07) is 15.2. The summed E-state index contributed by atoms with van der Waals surface area (Å²) >= 11 is 1.10. The molecule has 2 atom stereocenters. The van der Waals surface area contributed by atoms with Gasteiger partial charge < -0.3 is 10.1 Å². The van der Waals surface area contributed by atoms with Crippen LogP contribution >= 0.6 is 11.3 Å². The van der Waals surface area contributed by atoms with Gasteiger partial charge in [0.1, 0.15) is 16.0 Å². The lowest BCUT2D eigenvalue weighted by molar-refractivity contribution is -0.125. The molecule has 0 fully saturated rings. The van der Waals surface area contributed by atoms with E-state index < -0.39 is 34.6 Å². The number of nitrogens with one attached hydrogen (secondary N) is 1. The van der Waals surface area contributed by atoms with Crippen molar-refractivity contribution in [2.45, 2.75) is 42.8 Å². The first-order valence-electron chi connectivity index (χ1n) is 10.2. The maximum atomic E-state index is 13.3. The SMILES string of the molecule is CC(NC(=O)[C@@H]1Cc2ccccc2CN1S(=O)(=O)c1cccs1)c1cccc(OC(F)F)c1. The smallest absolute Gasteiger partial charge is 0.387 e. The molecule has 1 amide bonds. The molecular formula is C23H22F2N2O4S2. The Morgan fingerprint density at radius 1 is 1.12 bits per heavy atom. The van der Waals surface area contributed by atoms with E-state index in [1.165, 1.54) is 22.5 Å². The van der Waals surface area contributed by atoms with Crippen LogP contribution in [0.5, 0.6) is 5.75 Å². The van der Waals surface area contributed by atoms with Gasteiger partial charge in [0.15, 0.2) is 0 Å². The largest absolute Gasteiger partial charge is 0.435 e. The Morgan fingerprint density at radius 2 is 1.88 bits per heavy atom. The molecule has 0 aliphatic carbocycles. The van der Waals surface area contributed by atoms with Crippen molar-refractivity contribution in [3.63, 3.8) is 0 Å². The molecule has 0 radical (unpaired) electrons. The van der Waals surface area contributed by atoms with E-state index in [2.05, 4.69) is 10.1 Å². The summed E-state index contributed by atoms with van der Waals surface area (Å²) < 4.78 is 57.6. The van der Waals surface area contributed by atoms with Gasteiger partial charge in [-0.1, -0.05) is 42.5 Å². The zero-order valence-electron chi connectivity index (χ0n) is 17.6. The number of ether oxygens (including phenoxy) is 1. The molecule has 6 nitrogen and oxygen atoms in total. The molecule has 10 heteroatoms. The first kappa shape index (κ1) is 23.3. The molecule has 1 aromatic heterocycles. The lowest BCUT2D eigenvalue weighted by atomic mass is 9.95. The molecular weight excluding hydrogens is 470 g/mol. The number of sulfonamides is 1. The molecule has 2 aromatic carbocycles. The highest BCUT2D eigenvalue weighted by atomic mass is 32.2. The third kappa shape index (κ3) is 5.07. The first-order valence-corrected chi connectivity index (χ1v) is 12.5. The van der Waals surface area contributed by atoms with Gasteiger partial charge in [-0.2, -0.15) is 13.1 Å². The average molecular weight is 493 g/mol. The van der Waals surface area contributed by atoms with Gasteiger partial charge in [0, 0.05) is 6.54 Å². The van der Waals surface area contributed by atoms with Crippen molar-refractivity contribution in [1.29, 1.82) is 0 Å². The Morgan fingerprint density at radius 3 is 2.58 bits per heavy atom. The van der Waals surface area contributed by atoms with Gasteiger partial charge >= 0.3 is 6.61 Å². The van der Waals surface area contributed by atoms with Crippen LogP contribution in [0.15, 0.2) is 70.3 Å². The highest BCUT2D eigenvalue weighted by molar-refractivity contribution is 7.91. The van der Waals surface area contributed by atoms with Crippen LogP contribution in [0.4, 0.5) is 8.78 Å². The molecule has 3 aromatic rings. The number of hydrogen-bond acceptors (Lipinski definition) is 5. The highest BCUT2D eigenvalue weighted by Crippen LogP contribution is 2.31. The summed E-state index contributed by atoms with van der Waals surface area (Å²) in [7, 11) is -3.89. The Hall–Kier alpha value is -2.82. The number of nitrogens with zero attached hydrogens (tertiary/aromatic N) is 1. The molecule has 33 heavy (non-hydrogen) atoms. The third-order valence-corrected chi connectivity index (χ3v) is 8.74. The zero-order chi connectivity index (χ0) is 23.6. The molecule has 1 unspecified atom stereocenters. The molecule has 1 N–H and O–H groups in total. The van der Waals surface area contributed by atoms with Gasteiger partial charge in [0.25, 0.3) is 10.0 Å². The number of rotatable bonds is 7. The molecule has 0 spiro atoms. The average Bonchev–Trinajstić information content (AvgIpc) is 3.34. The molecule has 1 aliphatic heterocycles. The summed E-state index contributed by atoms with van der Waals surface area (Å²) in [5, 5.41) is 4.52. The number of halogens is 2. The number of amides is 1. The normalized spacial score (nSPS) is 17.4. The van der Waals surface area contributed by atoms with Crippen LogP contribution in [0.1, 0.15) is 29.7 Å². The van der Waals surface area contributed by atoms with E-state index in [0.717, 1.165) is 22.5 Å². The van der Waals surface area contributed by atoms with Gasteiger partial charge in [-0.25, -0.2) is 8.42 Å². The van der Waals surface area contributed by atoms with E-state index in [-0.39, 0.29) is 22.9 Å². The number of fused-ring (bicyclic) bond motifs is 1. The van der Waals surface area contributed by atoms with Crippen LogP contribution < -0.4 is 10.1 Å². The molecule has 0 saturated carbocycles. The van der Waals surface area contributed by atoms with Crippen LogP contribution in [-0.2, 0) is 27.8 Å². The van der Waals surface area contributed by atoms with Gasteiger partial charge in [0.05, 0.1) is 6.04 Å². The van der Waals surface area contributed by atoms with Crippen molar-refractivity contribution < 1.29 is 26.7 Å². The van der Waals surface area contributed by atoms with Crippen molar-refractivity contribution in [3.8, 4) is 5.75 Å². The van der Waals surface area contributed by atoms with Crippen molar-refractivity contribution >= 4 is 27.3 Å². The second-order valence-electron chi connectivity index (χ2n) is 7.65. The Bertz CT molecular complexity index is 1230. The molecule has 4 rings (SSSR count). The summed E-state index contributed by atoms with van der Waals surface area (Å²) in [6.07, 6.45) is 0.230. The van der Waals surface area contributed by atoms with Crippen molar-refractivity contribution in [2.75, 3.05) is 0 Å². The minimum atomic E-state index is -3.89. The minimum Gasteiger partial charge on any atom is -0.435 e. The van der Waals surface area contributed by atoms with Crippen LogP contribution in [0, 0.1) is 0 Å². The van der Waals surface area contributed by atoms with E-state index in [9.17, 15) is 22.0 Å². The van der Waals surface area contributed by atoms with Crippen LogP contribution in [0.2, 0.25) is 0 Å². The molecule has 0 bridgehead atoms. The number of carbonyl (C=O) groups excluding carboxylic acids is 1. The Kier molecular flexibility index (Phi) is 6.78. The number of thiophene rings is 1. The number of alkyl halides is 2. The summed E-state index contributed by atoms with van der Waals surface area (Å²) in [4.78, 5) is 13.3. The number of hydrogen-bond donors (Lipinski definition) is 1. The summed E-state index contributed by atoms with van der Waals surface area (Å²) in [5.41, 5.74) is 2.33. The topological polar surface area (TPSA) is 75.7 Å². The fourth-order valence-corrected chi connectivity index (χ4v) is 6.54. The second kappa shape index (κ2) is 9.58. The summed E-state index contributed by atoms with van der Waals surface area (Å²) in [5.74, 6) is -0.477. The van der Waals surface area contributed by atoms with E-state index in [4.69, 9.17) is 0 Å². The highest BCUT2D eigenvalue weighted by Gasteiger charge is 2.40. The minimum absolute atomic E-state index is 0.0166. The van der Waals surface area contributed by atoms with E-state index >= 15 is 0 Å².